The smallest absolute Gasteiger partial charge is 0.407 e. The minimum absolute atomic E-state index is 0.0209. The lowest BCUT2D eigenvalue weighted by Crippen LogP contribution is -2.23. The highest BCUT2D eigenvalue weighted by atomic mass is 16.5. The Morgan fingerprint density at radius 3 is 2.73 bits per heavy atom. The number of esters is 1. The highest BCUT2D eigenvalue weighted by molar-refractivity contribution is 5.86. The Bertz CT molecular complexity index is 624. The van der Waals surface area contributed by atoms with Crippen molar-refractivity contribution < 1.29 is 23.5 Å². The Morgan fingerprint density at radius 2 is 2.00 bits per heavy atom. The predicted octanol–water partition coefficient (Wildman–Crippen LogP) is 2.28. The third kappa shape index (κ3) is 4.62. The summed E-state index contributed by atoms with van der Waals surface area (Å²) >= 11 is 0. The molecule has 0 aliphatic rings. The number of oxazole rings is 1. The van der Waals surface area contributed by atoms with Gasteiger partial charge < -0.3 is 19.2 Å². The summed E-state index contributed by atoms with van der Waals surface area (Å²) in [5, 5.41) is 2.48. The third-order valence-electron chi connectivity index (χ3n) is 2.63. The van der Waals surface area contributed by atoms with Crippen LogP contribution in [0.2, 0.25) is 0 Å². The Kier molecular flexibility index (Phi) is 5.53. The van der Waals surface area contributed by atoms with Crippen molar-refractivity contribution in [3.8, 4) is 0 Å². The number of ether oxygens (including phenoxy) is 2. The molecule has 0 bridgehead atoms. The molecule has 116 valence electrons. The first-order chi connectivity index (χ1) is 10.7. The standard InChI is InChI=1S/C15H16N2O5/c1-2-20-14(18)12-10-21-13(17-12)8-16-15(19)22-9-11-6-4-3-5-7-11/h3-7,10H,2,8-9H2,1H3,(H,16,19). The summed E-state index contributed by atoms with van der Waals surface area (Å²) in [6, 6.07) is 9.31. The first kappa shape index (κ1) is 15.6. The van der Waals surface area contributed by atoms with Crippen LogP contribution >= 0.6 is 0 Å². The number of amides is 1. The van der Waals surface area contributed by atoms with E-state index in [0.29, 0.717) is 0 Å². The fourth-order valence-corrected chi connectivity index (χ4v) is 1.61. The number of hydrogen-bond acceptors (Lipinski definition) is 6. The zero-order valence-corrected chi connectivity index (χ0v) is 12.1. The van der Waals surface area contributed by atoms with Crippen LogP contribution in [0.5, 0.6) is 0 Å². The SMILES string of the molecule is CCOC(=O)c1coc(CNC(=O)OCc2ccccc2)n1. The summed E-state index contributed by atoms with van der Waals surface area (Å²) in [7, 11) is 0. The zero-order chi connectivity index (χ0) is 15.8. The fourth-order valence-electron chi connectivity index (χ4n) is 1.61. The maximum atomic E-state index is 11.5. The molecule has 1 amide bonds. The molecule has 1 heterocycles. The van der Waals surface area contributed by atoms with Gasteiger partial charge in [0.05, 0.1) is 13.2 Å². The molecule has 0 spiro atoms. The van der Waals surface area contributed by atoms with Crippen LogP contribution < -0.4 is 5.32 Å². The Morgan fingerprint density at radius 1 is 1.23 bits per heavy atom. The molecule has 1 aromatic heterocycles. The number of carbonyl (C=O) groups is 2. The number of carbonyl (C=O) groups excluding carboxylic acids is 2. The van der Waals surface area contributed by atoms with Crippen LogP contribution in [0.15, 0.2) is 41.0 Å². The van der Waals surface area contributed by atoms with Crippen LogP contribution in [0, 0.1) is 0 Å². The second-order valence-electron chi connectivity index (χ2n) is 4.26. The van der Waals surface area contributed by atoms with Gasteiger partial charge in [-0.15, -0.1) is 0 Å². The van der Waals surface area contributed by atoms with E-state index in [2.05, 4.69) is 10.3 Å². The molecule has 0 aliphatic heterocycles. The van der Waals surface area contributed by atoms with E-state index in [0.717, 1.165) is 5.56 Å². The Labute approximate surface area is 127 Å². The molecule has 2 aromatic rings. The zero-order valence-electron chi connectivity index (χ0n) is 12.1. The van der Waals surface area contributed by atoms with E-state index >= 15 is 0 Å². The van der Waals surface area contributed by atoms with Gasteiger partial charge in [-0.1, -0.05) is 30.3 Å². The predicted molar refractivity (Wildman–Crippen MR) is 75.9 cm³/mol. The van der Waals surface area contributed by atoms with E-state index in [4.69, 9.17) is 13.9 Å². The Balaban J connectivity index is 1.75. The number of rotatable bonds is 6. The van der Waals surface area contributed by atoms with Crippen LogP contribution in [0.25, 0.3) is 0 Å². The second kappa shape index (κ2) is 7.82. The van der Waals surface area contributed by atoms with Crippen molar-refractivity contribution in [2.75, 3.05) is 6.61 Å². The molecular weight excluding hydrogens is 288 g/mol. The maximum absolute atomic E-state index is 11.5. The molecule has 0 atom stereocenters. The molecule has 2 rings (SSSR count). The topological polar surface area (TPSA) is 90.7 Å². The van der Waals surface area contributed by atoms with E-state index in [1.165, 1.54) is 6.26 Å². The molecule has 0 saturated heterocycles. The van der Waals surface area contributed by atoms with Crippen molar-refractivity contribution in [2.24, 2.45) is 0 Å². The van der Waals surface area contributed by atoms with Crippen LogP contribution in [-0.4, -0.2) is 23.7 Å². The van der Waals surface area contributed by atoms with Gasteiger partial charge in [0.15, 0.2) is 5.69 Å². The molecule has 0 radical (unpaired) electrons. The molecule has 7 heteroatoms. The van der Waals surface area contributed by atoms with Gasteiger partial charge in [-0.05, 0) is 12.5 Å². The van der Waals surface area contributed by atoms with Crippen molar-refractivity contribution in [3.05, 3.63) is 53.7 Å². The lowest BCUT2D eigenvalue weighted by atomic mass is 10.2. The molecule has 22 heavy (non-hydrogen) atoms. The number of benzene rings is 1. The van der Waals surface area contributed by atoms with Gasteiger partial charge in [-0.3, -0.25) is 0 Å². The largest absolute Gasteiger partial charge is 0.461 e. The second-order valence-corrected chi connectivity index (χ2v) is 4.26. The first-order valence-corrected chi connectivity index (χ1v) is 6.75. The van der Waals surface area contributed by atoms with Crippen molar-refractivity contribution in [1.29, 1.82) is 0 Å². The average Bonchev–Trinajstić information content (AvgIpc) is 3.01. The fraction of sp³-hybridized carbons (Fsp3) is 0.267. The summed E-state index contributed by atoms with van der Waals surface area (Å²) in [6.45, 7) is 2.15. The summed E-state index contributed by atoms with van der Waals surface area (Å²) in [4.78, 5) is 26.8. The van der Waals surface area contributed by atoms with E-state index in [1.54, 1.807) is 6.92 Å². The van der Waals surface area contributed by atoms with Gasteiger partial charge in [-0.2, -0.15) is 0 Å². The summed E-state index contributed by atoms with van der Waals surface area (Å²) < 4.78 is 14.9. The molecule has 1 aromatic carbocycles. The number of hydrogen-bond donors (Lipinski definition) is 1. The lowest BCUT2D eigenvalue weighted by Gasteiger charge is -2.05. The van der Waals surface area contributed by atoms with Crippen molar-refractivity contribution in [2.45, 2.75) is 20.1 Å². The molecule has 0 aliphatic carbocycles. The number of alkyl carbamates (subject to hydrolysis) is 1. The van der Waals surface area contributed by atoms with E-state index < -0.39 is 12.1 Å². The van der Waals surface area contributed by atoms with Gasteiger partial charge >= 0.3 is 12.1 Å². The van der Waals surface area contributed by atoms with Crippen molar-refractivity contribution in [1.82, 2.24) is 10.3 Å². The molecule has 1 N–H and O–H groups in total. The monoisotopic (exact) mass is 304 g/mol. The quantitative estimate of drug-likeness (QED) is 0.823. The van der Waals surface area contributed by atoms with Crippen LogP contribution in [0.3, 0.4) is 0 Å². The molecule has 0 fully saturated rings. The minimum Gasteiger partial charge on any atom is -0.461 e. The molecule has 0 saturated carbocycles. The minimum atomic E-state index is -0.597. The van der Waals surface area contributed by atoms with Crippen molar-refractivity contribution in [3.63, 3.8) is 0 Å². The van der Waals surface area contributed by atoms with Gasteiger partial charge in [0.25, 0.3) is 0 Å². The summed E-state index contributed by atoms with van der Waals surface area (Å²) in [5.74, 6) is -0.371. The number of nitrogens with one attached hydrogen (secondary N) is 1. The normalized spacial score (nSPS) is 10.0. The average molecular weight is 304 g/mol. The van der Waals surface area contributed by atoms with Crippen LogP contribution in [-0.2, 0) is 22.6 Å². The number of aromatic nitrogens is 1. The molecular formula is C15H16N2O5. The lowest BCUT2D eigenvalue weighted by molar-refractivity contribution is 0.0519. The van der Waals surface area contributed by atoms with Gasteiger partial charge in [-0.25, -0.2) is 14.6 Å². The van der Waals surface area contributed by atoms with E-state index in [1.807, 2.05) is 30.3 Å². The van der Waals surface area contributed by atoms with Crippen LogP contribution in [0.1, 0.15) is 28.9 Å². The van der Waals surface area contributed by atoms with Crippen LogP contribution in [0.4, 0.5) is 4.79 Å². The summed E-state index contributed by atoms with van der Waals surface area (Å²) in [5.41, 5.74) is 0.953. The van der Waals surface area contributed by atoms with E-state index in [-0.39, 0.29) is 31.3 Å². The van der Waals surface area contributed by atoms with E-state index in [9.17, 15) is 9.59 Å². The number of nitrogens with zero attached hydrogens (tertiary/aromatic N) is 1. The van der Waals surface area contributed by atoms with Gasteiger partial charge in [0.2, 0.25) is 5.89 Å². The van der Waals surface area contributed by atoms with Gasteiger partial charge in [0, 0.05) is 0 Å². The van der Waals surface area contributed by atoms with Crippen molar-refractivity contribution >= 4 is 12.1 Å². The third-order valence-corrected chi connectivity index (χ3v) is 2.63. The molecule has 0 unspecified atom stereocenters. The highest BCUT2D eigenvalue weighted by Gasteiger charge is 2.13. The first-order valence-electron chi connectivity index (χ1n) is 6.75. The highest BCUT2D eigenvalue weighted by Crippen LogP contribution is 2.04. The maximum Gasteiger partial charge on any atom is 0.407 e. The molecule has 7 nitrogen and oxygen atoms in total. The van der Waals surface area contributed by atoms with Gasteiger partial charge in [0.1, 0.15) is 12.9 Å². The summed E-state index contributed by atoms with van der Waals surface area (Å²) in [6.07, 6.45) is 0.587. The Hall–Kier alpha value is -2.83.